The van der Waals surface area contributed by atoms with Crippen molar-refractivity contribution in [2.45, 2.75) is 37.0 Å². The van der Waals surface area contributed by atoms with Crippen LogP contribution in [0.15, 0.2) is 65.6 Å². The molecule has 4 rings (SSSR count). The Kier molecular flexibility index (Phi) is 5.82. The van der Waals surface area contributed by atoms with Gasteiger partial charge in [0, 0.05) is 34.7 Å². The fraction of sp³-hybridized carbons (Fsp3) is 0.280. The second-order valence-electron chi connectivity index (χ2n) is 7.84. The van der Waals surface area contributed by atoms with E-state index in [-0.39, 0.29) is 0 Å². The highest BCUT2D eigenvalue weighted by Crippen LogP contribution is 2.38. The van der Waals surface area contributed by atoms with Crippen molar-refractivity contribution in [3.63, 3.8) is 0 Å². The van der Waals surface area contributed by atoms with Crippen LogP contribution in [0.5, 0.6) is 0 Å². The first-order chi connectivity index (χ1) is 13.5. The number of halogens is 1. The highest BCUT2D eigenvalue weighted by molar-refractivity contribution is 7.98. The molecule has 3 aromatic rings. The predicted molar refractivity (Wildman–Crippen MR) is 122 cm³/mol. The smallest absolute Gasteiger partial charge is 0.0411 e. The summed E-state index contributed by atoms with van der Waals surface area (Å²) in [6, 6.07) is 21.9. The molecule has 0 aliphatic carbocycles. The molecule has 1 atom stereocenters. The number of aryl methyl sites for hydroxylation is 2. The minimum atomic E-state index is 0.364. The number of nitrogens with zero attached hydrogens (tertiary/aromatic N) is 1. The molecule has 3 aromatic carbocycles. The Morgan fingerprint density at radius 2 is 1.79 bits per heavy atom. The van der Waals surface area contributed by atoms with E-state index in [0.29, 0.717) is 5.92 Å². The van der Waals surface area contributed by atoms with Crippen LogP contribution in [0.4, 0.5) is 0 Å². The molecule has 1 unspecified atom stereocenters. The lowest BCUT2D eigenvalue weighted by Gasteiger charge is -2.34. The van der Waals surface area contributed by atoms with E-state index < -0.39 is 0 Å². The first-order valence-corrected chi connectivity index (χ1v) is 11.1. The Morgan fingerprint density at radius 3 is 2.57 bits per heavy atom. The highest BCUT2D eigenvalue weighted by Gasteiger charge is 2.26. The molecule has 28 heavy (non-hydrogen) atoms. The molecule has 3 heteroatoms. The lowest BCUT2D eigenvalue weighted by atomic mass is 9.83. The van der Waals surface area contributed by atoms with Crippen molar-refractivity contribution < 1.29 is 0 Å². The normalized spacial score (nSPS) is 16.8. The third-order valence-corrected chi connectivity index (χ3v) is 7.07. The molecule has 0 aromatic heterocycles. The molecule has 1 aliphatic rings. The van der Waals surface area contributed by atoms with E-state index >= 15 is 0 Å². The molecule has 1 aliphatic heterocycles. The van der Waals surface area contributed by atoms with E-state index in [1.807, 2.05) is 11.8 Å². The largest absolute Gasteiger partial charge is 0.301 e. The summed E-state index contributed by atoms with van der Waals surface area (Å²) in [6.45, 7) is 6.41. The number of benzene rings is 3. The molecule has 0 saturated carbocycles. The van der Waals surface area contributed by atoms with Gasteiger partial charge in [0.1, 0.15) is 0 Å². The van der Waals surface area contributed by atoms with Gasteiger partial charge in [0.05, 0.1) is 0 Å². The van der Waals surface area contributed by atoms with Crippen molar-refractivity contribution in [3.05, 3.63) is 99.1 Å². The maximum Gasteiger partial charge on any atom is 0.0411 e. The second-order valence-corrected chi connectivity index (χ2v) is 9.29. The molecule has 1 nitrogen and oxygen atoms in total. The van der Waals surface area contributed by atoms with Gasteiger partial charge in [0.15, 0.2) is 0 Å². The summed E-state index contributed by atoms with van der Waals surface area (Å²) in [5.74, 6) is 1.36. The van der Waals surface area contributed by atoms with Crippen LogP contribution in [0.2, 0.25) is 5.02 Å². The molecular formula is C25H26ClNS. The van der Waals surface area contributed by atoms with Crippen molar-refractivity contribution in [2.24, 2.45) is 0 Å². The summed E-state index contributed by atoms with van der Waals surface area (Å²) in [6.07, 6.45) is 0. The molecule has 0 spiro atoms. The number of likely N-dealkylation sites (N-methyl/N-ethyl adjacent to an activating group) is 1. The zero-order chi connectivity index (χ0) is 19.7. The number of hydrogen-bond donors (Lipinski definition) is 0. The average Bonchev–Trinajstić information content (AvgIpc) is 2.68. The molecule has 0 bridgehead atoms. The van der Waals surface area contributed by atoms with Crippen LogP contribution in [0.3, 0.4) is 0 Å². The molecule has 1 heterocycles. The van der Waals surface area contributed by atoms with Gasteiger partial charge in [0.2, 0.25) is 0 Å². The van der Waals surface area contributed by atoms with E-state index in [1.54, 1.807) is 0 Å². The van der Waals surface area contributed by atoms with Gasteiger partial charge in [-0.1, -0.05) is 54.1 Å². The van der Waals surface area contributed by atoms with Crippen LogP contribution >= 0.6 is 23.4 Å². The lowest BCUT2D eigenvalue weighted by molar-refractivity contribution is 0.294. The minimum Gasteiger partial charge on any atom is -0.301 e. The van der Waals surface area contributed by atoms with Crippen LogP contribution in [0.1, 0.15) is 39.3 Å². The highest BCUT2D eigenvalue weighted by atomic mass is 35.5. The third-order valence-electron chi connectivity index (χ3n) is 5.62. The van der Waals surface area contributed by atoms with E-state index in [4.69, 9.17) is 11.6 Å². The Balaban J connectivity index is 1.67. The predicted octanol–water partition coefficient (Wildman–Crippen LogP) is 6.83. The van der Waals surface area contributed by atoms with Gasteiger partial charge in [-0.2, -0.15) is 0 Å². The maximum absolute atomic E-state index is 6.43. The third kappa shape index (κ3) is 4.15. The first-order valence-electron chi connectivity index (χ1n) is 9.76. The molecule has 0 saturated heterocycles. The fourth-order valence-electron chi connectivity index (χ4n) is 4.08. The van der Waals surface area contributed by atoms with E-state index in [1.165, 1.54) is 38.3 Å². The Bertz CT molecular complexity index is 983. The van der Waals surface area contributed by atoms with Crippen molar-refractivity contribution in [1.29, 1.82) is 0 Å². The summed E-state index contributed by atoms with van der Waals surface area (Å²) in [5, 5.41) is 0.844. The molecule has 0 amide bonds. The van der Waals surface area contributed by atoms with Gasteiger partial charge in [0.25, 0.3) is 0 Å². The van der Waals surface area contributed by atoms with Crippen molar-refractivity contribution in [1.82, 2.24) is 4.90 Å². The zero-order valence-electron chi connectivity index (χ0n) is 16.7. The average molecular weight is 408 g/mol. The second kappa shape index (κ2) is 8.32. The van der Waals surface area contributed by atoms with E-state index in [9.17, 15) is 0 Å². The quantitative estimate of drug-likeness (QED) is 0.436. The van der Waals surface area contributed by atoms with Crippen LogP contribution < -0.4 is 0 Å². The number of rotatable bonds is 4. The lowest BCUT2D eigenvalue weighted by Crippen LogP contribution is -2.31. The van der Waals surface area contributed by atoms with Crippen LogP contribution in [-0.2, 0) is 12.3 Å². The molecular weight excluding hydrogens is 382 g/mol. The van der Waals surface area contributed by atoms with Crippen molar-refractivity contribution in [2.75, 3.05) is 13.6 Å². The van der Waals surface area contributed by atoms with Crippen LogP contribution in [0, 0.1) is 13.8 Å². The number of thioether (sulfide) groups is 1. The fourth-order valence-corrected chi connectivity index (χ4v) is 5.39. The van der Waals surface area contributed by atoms with Gasteiger partial charge in [-0.25, -0.2) is 0 Å². The monoisotopic (exact) mass is 407 g/mol. The molecule has 144 valence electrons. The molecule has 0 radical (unpaired) electrons. The van der Waals surface area contributed by atoms with E-state index in [0.717, 1.165) is 23.9 Å². The Morgan fingerprint density at radius 1 is 1.00 bits per heavy atom. The summed E-state index contributed by atoms with van der Waals surface area (Å²) in [5.41, 5.74) is 8.22. The standard InChI is InChI=1S/C25H26ClNS/c1-17-9-10-20(12-25(17)28-16-19-7-5-4-6-8-19)24-15-27(3)14-23-18(2)11-21(26)13-22(23)24/h4-13,24H,14-16H2,1-3H3. The maximum atomic E-state index is 6.43. The minimum absolute atomic E-state index is 0.364. The Hall–Kier alpha value is -1.74. The topological polar surface area (TPSA) is 3.24 Å². The summed E-state index contributed by atoms with van der Waals surface area (Å²) < 4.78 is 0. The summed E-state index contributed by atoms with van der Waals surface area (Å²) >= 11 is 8.35. The van der Waals surface area contributed by atoms with Crippen LogP contribution in [-0.4, -0.2) is 18.5 Å². The molecule has 0 fully saturated rings. The first kappa shape index (κ1) is 19.6. The van der Waals surface area contributed by atoms with Gasteiger partial charge in [-0.3, -0.25) is 0 Å². The summed E-state index contributed by atoms with van der Waals surface area (Å²) in [4.78, 5) is 3.79. The van der Waals surface area contributed by atoms with Gasteiger partial charge < -0.3 is 4.90 Å². The van der Waals surface area contributed by atoms with Gasteiger partial charge in [-0.15, -0.1) is 11.8 Å². The van der Waals surface area contributed by atoms with E-state index in [2.05, 4.69) is 86.5 Å². The van der Waals surface area contributed by atoms with Gasteiger partial charge >= 0.3 is 0 Å². The van der Waals surface area contributed by atoms with Crippen molar-refractivity contribution >= 4 is 23.4 Å². The number of fused-ring (bicyclic) bond motifs is 1. The van der Waals surface area contributed by atoms with Crippen LogP contribution in [0.25, 0.3) is 0 Å². The zero-order valence-corrected chi connectivity index (χ0v) is 18.3. The SMILES string of the molecule is Cc1ccc(C2CN(C)Cc3c(C)cc(Cl)cc32)cc1SCc1ccccc1. The summed E-state index contributed by atoms with van der Waals surface area (Å²) in [7, 11) is 2.21. The van der Waals surface area contributed by atoms with Gasteiger partial charge in [-0.05, 0) is 72.5 Å². The van der Waals surface area contributed by atoms with Crippen molar-refractivity contribution in [3.8, 4) is 0 Å². The Labute approximate surface area is 177 Å². The molecule has 0 N–H and O–H groups in total. The number of hydrogen-bond acceptors (Lipinski definition) is 2.